The van der Waals surface area contributed by atoms with E-state index in [9.17, 15) is 13.6 Å². The minimum absolute atomic E-state index is 0.158. The molecule has 0 amide bonds. The Morgan fingerprint density at radius 1 is 1.50 bits per heavy atom. The normalized spacial score (nSPS) is 10.3. The van der Waals surface area contributed by atoms with Crippen LogP contribution in [0.15, 0.2) is 18.2 Å². The molecule has 0 aromatic carbocycles. The molecule has 1 rings (SSSR count). The zero-order chi connectivity index (χ0) is 9.14. The van der Waals surface area contributed by atoms with Gasteiger partial charge < -0.3 is 0 Å². The summed E-state index contributed by atoms with van der Waals surface area (Å²) in [5.74, 6) is 0. The van der Waals surface area contributed by atoms with Crippen molar-refractivity contribution in [1.82, 2.24) is 4.98 Å². The molecule has 1 aromatic rings. The van der Waals surface area contributed by atoms with Gasteiger partial charge in [-0.3, -0.25) is 4.79 Å². The summed E-state index contributed by atoms with van der Waals surface area (Å²) in [6, 6.07) is 3.72. The van der Waals surface area contributed by atoms with E-state index in [4.69, 9.17) is 11.6 Å². The molecule has 0 spiro atoms. The number of nitrogens with zero attached hydrogens (tertiary/aromatic N) is 1. The Morgan fingerprint density at radius 2 is 2.17 bits per heavy atom. The Hall–Kier alpha value is -1.03. The second-order valence-electron chi connectivity index (χ2n) is 2.02. The summed E-state index contributed by atoms with van der Waals surface area (Å²) < 4.78 is 24.0. The van der Waals surface area contributed by atoms with E-state index in [2.05, 4.69) is 4.98 Å². The van der Waals surface area contributed by atoms with E-state index >= 15 is 0 Å². The van der Waals surface area contributed by atoms with Gasteiger partial charge in [-0.15, -0.1) is 0 Å². The van der Waals surface area contributed by atoms with Gasteiger partial charge in [-0.25, -0.2) is 13.8 Å². The molecule has 0 aliphatic rings. The lowest BCUT2D eigenvalue weighted by molar-refractivity contribution is 0.107. The monoisotopic (exact) mass is 191 g/mol. The summed E-state index contributed by atoms with van der Waals surface area (Å²) in [6.07, 6.45) is -2.68. The zero-order valence-electron chi connectivity index (χ0n) is 5.80. The van der Waals surface area contributed by atoms with Crippen molar-refractivity contribution < 1.29 is 13.6 Å². The topological polar surface area (TPSA) is 30.0 Å². The van der Waals surface area contributed by atoms with Gasteiger partial charge in [0.2, 0.25) is 0 Å². The summed E-state index contributed by atoms with van der Waals surface area (Å²) >= 11 is 5.03. The van der Waals surface area contributed by atoms with Gasteiger partial charge in [0, 0.05) is 0 Å². The molecule has 12 heavy (non-hydrogen) atoms. The molecule has 0 bridgehead atoms. The van der Waals surface area contributed by atoms with Crippen LogP contribution in [0.5, 0.6) is 0 Å². The van der Waals surface area contributed by atoms with Crippen molar-refractivity contribution in [3.05, 3.63) is 29.6 Å². The standard InChI is InChI=1S/C7H4ClF2NO/c8-6(12)4-2-1-3-5(11-4)7(9)10/h1-3,7H. The number of rotatable bonds is 2. The van der Waals surface area contributed by atoms with Gasteiger partial charge in [0.1, 0.15) is 11.4 Å². The molecule has 0 radical (unpaired) electrons. The summed E-state index contributed by atoms with van der Waals surface area (Å²) in [4.78, 5) is 13.8. The van der Waals surface area contributed by atoms with Gasteiger partial charge in [-0.2, -0.15) is 0 Å². The molecule has 0 aliphatic carbocycles. The fraction of sp³-hybridized carbons (Fsp3) is 0.143. The minimum atomic E-state index is -2.68. The van der Waals surface area contributed by atoms with Crippen molar-refractivity contribution in [3.8, 4) is 0 Å². The van der Waals surface area contributed by atoms with Crippen molar-refractivity contribution >= 4 is 16.8 Å². The van der Waals surface area contributed by atoms with Crippen molar-refractivity contribution in [2.75, 3.05) is 0 Å². The smallest absolute Gasteiger partial charge is 0.274 e. The Bertz CT molecular complexity index is 303. The fourth-order valence-corrected chi connectivity index (χ4v) is 0.788. The molecule has 1 aromatic heterocycles. The highest BCUT2D eigenvalue weighted by Gasteiger charge is 2.10. The Kier molecular flexibility index (Phi) is 2.70. The van der Waals surface area contributed by atoms with Gasteiger partial charge in [-0.1, -0.05) is 6.07 Å². The van der Waals surface area contributed by atoms with E-state index in [0.717, 1.165) is 6.07 Å². The first kappa shape index (κ1) is 9.06. The number of carbonyl (C=O) groups excluding carboxylic acids is 1. The average Bonchev–Trinajstić information content (AvgIpc) is 2.04. The highest BCUT2D eigenvalue weighted by Crippen LogP contribution is 2.16. The predicted octanol–water partition coefficient (Wildman–Crippen LogP) is 2.40. The molecule has 2 nitrogen and oxygen atoms in total. The summed E-state index contributed by atoms with van der Waals surface area (Å²) in [5.41, 5.74) is -0.601. The van der Waals surface area contributed by atoms with Crippen LogP contribution in [0.1, 0.15) is 22.6 Å². The second kappa shape index (κ2) is 3.58. The van der Waals surface area contributed by atoms with Crippen molar-refractivity contribution in [2.45, 2.75) is 6.43 Å². The lowest BCUT2D eigenvalue weighted by Crippen LogP contribution is -1.97. The van der Waals surface area contributed by atoms with E-state index in [1.807, 2.05) is 0 Å². The number of hydrogen-bond donors (Lipinski definition) is 0. The Morgan fingerprint density at radius 3 is 2.67 bits per heavy atom. The molecule has 0 atom stereocenters. The first-order valence-corrected chi connectivity index (χ1v) is 3.44. The van der Waals surface area contributed by atoms with Crippen LogP contribution in [0.2, 0.25) is 0 Å². The van der Waals surface area contributed by atoms with Crippen molar-refractivity contribution in [3.63, 3.8) is 0 Å². The summed E-state index contributed by atoms with van der Waals surface area (Å²) in [6.45, 7) is 0. The predicted molar refractivity (Wildman–Crippen MR) is 39.4 cm³/mol. The number of pyridine rings is 1. The molecule has 0 unspecified atom stereocenters. The molecule has 64 valence electrons. The van der Waals surface area contributed by atoms with Crippen LogP contribution < -0.4 is 0 Å². The van der Waals surface area contributed by atoms with Gasteiger partial charge in [-0.05, 0) is 23.7 Å². The molecule has 0 aliphatic heterocycles. The third-order valence-electron chi connectivity index (χ3n) is 1.20. The Labute approximate surface area is 72.2 Å². The molecule has 0 saturated heterocycles. The van der Waals surface area contributed by atoms with Gasteiger partial charge in [0.15, 0.2) is 0 Å². The molecular weight excluding hydrogens is 188 g/mol. The number of alkyl halides is 2. The van der Waals surface area contributed by atoms with E-state index in [1.165, 1.54) is 12.1 Å². The van der Waals surface area contributed by atoms with Gasteiger partial charge in [0.05, 0.1) is 0 Å². The average molecular weight is 192 g/mol. The van der Waals surface area contributed by atoms with Crippen LogP contribution in [-0.4, -0.2) is 10.2 Å². The van der Waals surface area contributed by atoms with Crippen LogP contribution in [0.4, 0.5) is 8.78 Å². The van der Waals surface area contributed by atoms with Crippen LogP contribution >= 0.6 is 11.6 Å². The SMILES string of the molecule is O=C(Cl)c1cccc(C(F)F)n1. The minimum Gasteiger partial charge on any atom is -0.274 e. The maximum atomic E-state index is 12.0. The first-order chi connectivity index (χ1) is 5.61. The van der Waals surface area contributed by atoms with Crippen LogP contribution in [-0.2, 0) is 0 Å². The second-order valence-corrected chi connectivity index (χ2v) is 2.37. The van der Waals surface area contributed by atoms with Gasteiger partial charge in [0.25, 0.3) is 11.7 Å². The lowest BCUT2D eigenvalue weighted by Gasteiger charge is -1.98. The zero-order valence-corrected chi connectivity index (χ0v) is 6.55. The molecule has 5 heteroatoms. The molecule has 0 fully saturated rings. The van der Waals surface area contributed by atoms with E-state index < -0.39 is 17.4 Å². The maximum Gasteiger partial charge on any atom is 0.280 e. The molecular formula is C7H4ClF2NO. The van der Waals surface area contributed by atoms with Crippen LogP contribution in [0, 0.1) is 0 Å². The van der Waals surface area contributed by atoms with Gasteiger partial charge >= 0.3 is 0 Å². The fourth-order valence-electron chi connectivity index (χ4n) is 0.682. The number of aromatic nitrogens is 1. The first-order valence-electron chi connectivity index (χ1n) is 3.06. The Balaban J connectivity index is 3.04. The van der Waals surface area contributed by atoms with Crippen molar-refractivity contribution in [2.24, 2.45) is 0 Å². The maximum absolute atomic E-state index is 12.0. The number of halogens is 3. The highest BCUT2D eigenvalue weighted by molar-refractivity contribution is 6.67. The largest absolute Gasteiger partial charge is 0.280 e. The lowest BCUT2D eigenvalue weighted by atomic mass is 10.3. The van der Waals surface area contributed by atoms with Crippen LogP contribution in [0.25, 0.3) is 0 Å². The van der Waals surface area contributed by atoms with Crippen LogP contribution in [0.3, 0.4) is 0 Å². The summed E-state index contributed by atoms with van der Waals surface area (Å²) in [7, 11) is 0. The summed E-state index contributed by atoms with van der Waals surface area (Å²) in [5, 5.41) is -0.836. The van der Waals surface area contributed by atoms with E-state index in [0.29, 0.717) is 0 Å². The highest BCUT2D eigenvalue weighted by atomic mass is 35.5. The quantitative estimate of drug-likeness (QED) is 0.672. The molecule has 0 N–H and O–H groups in total. The third kappa shape index (κ3) is 1.98. The van der Waals surface area contributed by atoms with E-state index in [1.54, 1.807) is 0 Å². The molecule has 0 saturated carbocycles. The van der Waals surface area contributed by atoms with Crippen molar-refractivity contribution in [1.29, 1.82) is 0 Å². The number of carbonyl (C=O) groups is 1. The third-order valence-corrected chi connectivity index (χ3v) is 1.39. The number of hydrogen-bond acceptors (Lipinski definition) is 2. The van der Waals surface area contributed by atoms with E-state index in [-0.39, 0.29) is 5.69 Å². The molecule has 1 heterocycles.